The first-order valence-corrected chi connectivity index (χ1v) is 9.64. The third-order valence-corrected chi connectivity index (χ3v) is 5.40. The van der Waals surface area contributed by atoms with Gasteiger partial charge in [0.05, 0.1) is 30.2 Å². The van der Waals surface area contributed by atoms with E-state index >= 15 is 0 Å². The van der Waals surface area contributed by atoms with Gasteiger partial charge in [-0.05, 0) is 30.5 Å². The Labute approximate surface area is 152 Å². The van der Waals surface area contributed by atoms with E-state index in [2.05, 4.69) is 39.9 Å². The summed E-state index contributed by atoms with van der Waals surface area (Å²) in [6, 6.07) is 16.5. The van der Waals surface area contributed by atoms with Crippen LogP contribution in [0.2, 0.25) is 0 Å². The molecule has 1 unspecified atom stereocenters. The van der Waals surface area contributed by atoms with Crippen LogP contribution in [0.5, 0.6) is 0 Å². The second-order valence-corrected chi connectivity index (χ2v) is 7.09. The molecule has 0 bridgehead atoms. The second kappa shape index (κ2) is 7.85. The van der Waals surface area contributed by atoms with Gasteiger partial charge in [0.1, 0.15) is 0 Å². The van der Waals surface area contributed by atoms with E-state index in [-0.39, 0.29) is 6.10 Å². The molecule has 3 heterocycles. The number of ether oxygens (including phenoxy) is 1. The topological polar surface area (TPSA) is 39.9 Å². The quantitative estimate of drug-likeness (QED) is 0.617. The molecule has 0 saturated carbocycles. The molecule has 5 heteroatoms. The van der Waals surface area contributed by atoms with E-state index < -0.39 is 0 Å². The number of hydrogen-bond donors (Lipinski definition) is 0. The van der Waals surface area contributed by atoms with Crippen LogP contribution in [0.15, 0.2) is 66.1 Å². The van der Waals surface area contributed by atoms with Crippen molar-refractivity contribution < 1.29 is 4.74 Å². The van der Waals surface area contributed by atoms with Gasteiger partial charge in [0.2, 0.25) is 0 Å². The first-order valence-electron chi connectivity index (χ1n) is 8.65. The summed E-state index contributed by atoms with van der Waals surface area (Å²) < 4.78 is 8.17. The monoisotopic (exact) mass is 351 g/mol. The third kappa shape index (κ3) is 3.94. The lowest BCUT2D eigenvalue weighted by molar-refractivity contribution is 0.0954. The van der Waals surface area contributed by atoms with E-state index in [9.17, 15) is 0 Å². The van der Waals surface area contributed by atoms with Crippen molar-refractivity contribution in [3.63, 3.8) is 0 Å². The average Bonchev–Trinajstić information content (AvgIpc) is 3.32. The van der Waals surface area contributed by atoms with Crippen molar-refractivity contribution in [1.82, 2.24) is 14.5 Å². The lowest BCUT2D eigenvalue weighted by Gasteiger charge is -2.16. The molecule has 25 heavy (non-hydrogen) atoms. The van der Waals surface area contributed by atoms with Gasteiger partial charge in [-0.2, -0.15) is 0 Å². The summed E-state index contributed by atoms with van der Waals surface area (Å²) in [5.74, 6) is 0.817. The summed E-state index contributed by atoms with van der Waals surface area (Å²) >= 11 is 1.73. The number of hydrogen-bond acceptors (Lipinski definition) is 4. The van der Waals surface area contributed by atoms with E-state index in [1.165, 1.54) is 5.56 Å². The molecule has 3 aromatic rings. The predicted octanol–water partition coefficient (Wildman–Crippen LogP) is 4.42. The van der Waals surface area contributed by atoms with E-state index in [0.717, 1.165) is 48.3 Å². The highest BCUT2D eigenvalue weighted by atomic mass is 32.2. The first kappa shape index (κ1) is 16.4. The number of rotatable bonds is 6. The number of imidazole rings is 1. The molecule has 1 atom stereocenters. The number of benzene rings is 1. The van der Waals surface area contributed by atoms with Gasteiger partial charge in [0.15, 0.2) is 5.16 Å². The summed E-state index contributed by atoms with van der Waals surface area (Å²) in [6.07, 6.45) is 6.37. The molecule has 0 spiro atoms. The van der Waals surface area contributed by atoms with Gasteiger partial charge in [-0.3, -0.25) is 4.98 Å². The molecular formula is C20H21N3OS. The Kier molecular flexibility index (Phi) is 5.14. The Morgan fingerprint density at radius 1 is 1.08 bits per heavy atom. The first-order chi connectivity index (χ1) is 12.4. The molecule has 2 aromatic heterocycles. The van der Waals surface area contributed by atoms with Gasteiger partial charge >= 0.3 is 0 Å². The van der Waals surface area contributed by atoms with Gasteiger partial charge in [-0.25, -0.2) is 4.98 Å². The van der Waals surface area contributed by atoms with E-state index in [1.54, 1.807) is 11.8 Å². The molecular weight excluding hydrogens is 330 g/mol. The summed E-state index contributed by atoms with van der Waals surface area (Å²) in [7, 11) is 0. The van der Waals surface area contributed by atoms with Crippen molar-refractivity contribution in [2.45, 2.75) is 36.4 Å². The average molecular weight is 351 g/mol. The van der Waals surface area contributed by atoms with Crippen LogP contribution >= 0.6 is 11.8 Å². The highest BCUT2D eigenvalue weighted by molar-refractivity contribution is 7.98. The highest BCUT2D eigenvalue weighted by Gasteiger charge is 2.20. The number of thioether (sulfide) groups is 1. The zero-order chi connectivity index (χ0) is 16.9. The standard InChI is InChI=1S/C20H21N3OS/c1-2-7-16(8-3-1)19-13-22-20(23(19)14-18-10-6-12-24-18)25-15-17-9-4-5-11-21-17/h1-5,7-9,11,13,18H,6,10,12,14-15H2. The van der Waals surface area contributed by atoms with Crippen LogP contribution in [-0.2, 0) is 17.0 Å². The van der Waals surface area contributed by atoms with Crippen LogP contribution in [0, 0.1) is 0 Å². The molecule has 1 aliphatic heterocycles. The molecule has 4 nitrogen and oxygen atoms in total. The summed E-state index contributed by atoms with van der Waals surface area (Å²) in [6.45, 7) is 1.73. The van der Waals surface area contributed by atoms with Crippen molar-refractivity contribution >= 4 is 11.8 Å². The molecule has 0 N–H and O–H groups in total. The van der Waals surface area contributed by atoms with Crippen LogP contribution in [0.1, 0.15) is 18.5 Å². The largest absolute Gasteiger partial charge is 0.376 e. The molecule has 1 aromatic carbocycles. The lowest BCUT2D eigenvalue weighted by atomic mass is 10.1. The molecule has 1 aliphatic rings. The zero-order valence-electron chi connectivity index (χ0n) is 14.0. The van der Waals surface area contributed by atoms with Gasteiger partial charge in [-0.15, -0.1) is 0 Å². The van der Waals surface area contributed by atoms with Crippen LogP contribution in [0.3, 0.4) is 0 Å². The highest BCUT2D eigenvalue weighted by Crippen LogP contribution is 2.29. The predicted molar refractivity (Wildman–Crippen MR) is 100 cm³/mol. The van der Waals surface area contributed by atoms with Crippen LogP contribution in [0.4, 0.5) is 0 Å². The normalized spacial score (nSPS) is 17.0. The SMILES string of the molecule is c1ccc(-c2cnc(SCc3ccccn3)n2CC2CCCO2)cc1. The fourth-order valence-electron chi connectivity index (χ4n) is 3.10. The van der Waals surface area contributed by atoms with E-state index in [0.29, 0.717) is 0 Å². The Morgan fingerprint density at radius 2 is 1.96 bits per heavy atom. The maximum atomic E-state index is 5.86. The van der Waals surface area contributed by atoms with Crippen LogP contribution < -0.4 is 0 Å². The number of pyridine rings is 1. The third-order valence-electron chi connectivity index (χ3n) is 4.37. The Hall–Kier alpha value is -2.11. The van der Waals surface area contributed by atoms with E-state index in [4.69, 9.17) is 9.72 Å². The summed E-state index contributed by atoms with van der Waals surface area (Å²) in [5, 5.41) is 1.03. The van der Waals surface area contributed by atoms with E-state index in [1.807, 2.05) is 30.6 Å². The molecule has 0 radical (unpaired) electrons. The lowest BCUT2D eigenvalue weighted by Crippen LogP contribution is -2.16. The Morgan fingerprint density at radius 3 is 2.72 bits per heavy atom. The van der Waals surface area contributed by atoms with Gasteiger partial charge in [0.25, 0.3) is 0 Å². The van der Waals surface area contributed by atoms with Gasteiger partial charge in [-0.1, -0.05) is 48.2 Å². The Balaban J connectivity index is 1.60. The minimum atomic E-state index is 0.283. The fourth-order valence-corrected chi connectivity index (χ4v) is 4.01. The smallest absolute Gasteiger partial charge is 0.168 e. The maximum absolute atomic E-state index is 5.86. The Bertz CT molecular complexity index is 798. The number of nitrogens with zero attached hydrogens (tertiary/aromatic N) is 3. The summed E-state index contributed by atoms with van der Waals surface area (Å²) in [4.78, 5) is 9.10. The summed E-state index contributed by atoms with van der Waals surface area (Å²) in [5.41, 5.74) is 3.41. The molecule has 128 valence electrons. The van der Waals surface area contributed by atoms with Crippen molar-refractivity contribution in [1.29, 1.82) is 0 Å². The maximum Gasteiger partial charge on any atom is 0.168 e. The zero-order valence-corrected chi connectivity index (χ0v) is 14.9. The van der Waals surface area contributed by atoms with Crippen molar-refractivity contribution in [2.24, 2.45) is 0 Å². The van der Waals surface area contributed by atoms with Gasteiger partial charge < -0.3 is 9.30 Å². The minimum Gasteiger partial charge on any atom is -0.376 e. The minimum absolute atomic E-state index is 0.283. The van der Waals surface area contributed by atoms with Crippen molar-refractivity contribution in [2.75, 3.05) is 6.61 Å². The number of aromatic nitrogens is 3. The molecule has 1 saturated heterocycles. The molecule has 0 aliphatic carbocycles. The molecule has 4 rings (SSSR count). The molecule has 1 fully saturated rings. The van der Waals surface area contributed by atoms with Gasteiger partial charge in [0, 0.05) is 18.6 Å². The molecule has 0 amide bonds. The van der Waals surface area contributed by atoms with Crippen molar-refractivity contribution in [3.05, 3.63) is 66.6 Å². The second-order valence-electron chi connectivity index (χ2n) is 6.15. The van der Waals surface area contributed by atoms with Crippen molar-refractivity contribution in [3.8, 4) is 11.3 Å². The fraction of sp³-hybridized carbons (Fsp3) is 0.300. The van der Waals surface area contributed by atoms with Crippen LogP contribution in [-0.4, -0.2) is 27.2 Å². The van der Waals surface area contributed by atoms with Crippen LogP contribution in [0.25, 0.3) is 11.3 Å².